The van der Waals surface area contributed by atoms with Gasteiger partial charge in [-0.3, -0.25) is 4.72 Å². The van der Waals surface area contributed by atoms with Crippen molar-refractivity contribution < 1.29 is 28.5 Å². The van der Waals surface area contributed by atoms with Crippen molar-refractivity contribution in [3.8, 4) is 16.9 Å². The first-order valence-electron chi connectivity index (χ1n) is 7.80. The monoisotopic (exact) mass is 439 g/mol. The molecule has 2 aromatic carbocycles. The Kier molecular flexibility index (Phi) is 5.61. The zero-order valence-corrected chi connectivity index (χ0v) is 16.5. The maximum atomic E-state index is 12.7. The van der Waals surface area contributed by atoms with Crippen LogP contribution in [-0.2, 0) is 16.6 Å². The average Bonchev–Trinajstić information content (AvgIpc) is 3.04. The largest absolute Gasteiger partial charge is 0.507 e. The Hall–Kier alpha value is -2.59. The number of phenols is 1. The fourth-order valence-electron chi connectivity index (χ4n) is 2.50. The highest BCUT2D eigenvalue weighted by molar-refractivity contribution is 7.94. The number of sulfonamides is 1. The summed E-state index contributed by atoms with van der Waals surface area (Å²) >= 11 is 7.08. The number of carbonyl (C=O) groups is 1. The lowest BCUT2D eigenvalue weighted by Crippen LogP contribution is -2.11. The molecule has 0 amide bonds. The van der Waals surface area contributed by atoms with E-state index in [9.17, 15) is 23.4 Å². The second-order valence-corrected chi connectivity index (χ2v) is 9.32. The van der Waals surface area contributed by atoms with Crippen molar-refractivity contribution in [2.24, 2.45) is 0 Å². The molecule has 0 fully saturated rings. The van der Waals surface area contributed by atoms with Crippen LogP contribution in [0.2, 0.25) is 4.34 Å². The molecule has 0 radical (unpaired) electrons. The van der Waals surface area contributed by atoms with E-state index in [-0.39, 0.29) is 26.4 Å². The Morgan fingerprint density at radius 1 is 1.14 bits per heavy atom. The number of benzene rings is 2. The van der Waals surface area contributed by atoms with Crippen LogP contribution in [0.1, 0.15) is 15.9 Å². The predicted molar refractivity (Wildman–Crippen MR) is 107 cm³/mol. The zero-order valence-electron chi connectivity index (χ0n) is 14.1. The van der Waals surface area contributed by atoms with Gasteiger partial charge in [-0.25, -0.2) is 13.2 Å². The summed E-state index contributed by atoms with van der Waals surface area (Å²) in [5, 5.41) is 27.9. The van der Waals surface area contributed by atoms with Crippen LogP contribution in [0.25, 0.3) is 11.1 Å². The number of rotatable bonds is 6. The van der Waals surface area contributed by atoms with Gasteiger partial charge in [0.1, 0.15) is 19.9 Å². The molecular formula is C18H14ClNO6S2. The highest BCUT2D eigenvalue weighted by Crippen LogP contribution is 2.38. The molecule has 0 aliphatic carbocycles. The van der Waals surface area contributed by atoms with E-state index < -0.39 is 21.7 Å². The Morgan fingerprint density at radius 3 is 2.54 bits per heavy atom. The van der Waals surface area contributed by atoms with Gasteiger partial charge in [0.2, 0.25) is 0 Å². The molecule has 3 aromatic rings. The third kappa shape index (κ3) is 4.12. The van der Waals surface area contributed by atoms with E-state index in [4.69, 9.17) is 16.7 Å². The molecule has 1 aromatic heterocycles. The van der Waals surface area contributed by atoms with Crippen molar-refractivity contribution in [1.29, 1.82) is 0 Å². The molecule has 28 heavy (non-hydrogen) atoms. The van der Waals surface area contributed by atoms with Gasteiger partial charge in [0.05, 0.1) is 12.3 Å². The summed E-state index contributed by atoms with van der Waals surface area (Å²) in [7, 11) is -4.01. The third-order valence-electron chi connectivity index (χ3n) is 3.83. The topological polar surface area (TPSA) is 124 Å². The third-order valence-corrected chi connectivity index (χ3v) is 7.04. The number of hydrogen-bond donors (Lipinski definition) is 4. The van der Waals surface area contributed by atoms with Gasteiger partial charge in [-0.2, -0.15) is 0 Å². The first-order chi connectivity index (χ1) is 13.2. The summed E-state index contributed by atoms with van der Waals surface area (Å²) in [5.74, 6) is -1.88. The smallest absolute Gasteiger partial charge is 0.339 e. The molecule has 0 unspecified atom stereocenters. The van der Waals surface area contributed by atoms with Crippen LogP contribution in [-0.4, -0.2) is 29.7 Å². The number of nitrogens with one attached hydrogen (secondary N) is 1. The maximum absolute atomic E-state index is 12.7. The molecule has 146 valence electrons. The Bertz CT molecular complexity index is 1160. The number of aromatic hydroxyl groups is 1. The molecule has 0 aliphatic heterocycles. The minimum atomic E-state index is -4.01. The number of aromatic carboxylic acids is 1. The number of hydrogen-bond acceptors (Lipinski definition) is 6. The van der Waals surface area contributed by atoms with Crippen LogP contribution in [0, 0.1) is 0 Å². The lowest BCUT2D eigenvalue weighted by atomic mass is 10.1. The van der Waals surface area contributed by atoms with Crippen molar-refractivity contribution >= 4 is 44.6 Å². The summed E-state index contributed by atoms with van der Waals surface area (Å²) in [6, 6.07) is 11.7. The molecule has 1 heterocycles. The second kappa shape index (κ2) is 7.80. The van der Waals surface area contributed by atoms with E-state index in [1.165, 1.54) is 12.1 Å². The normalized spacial score (nSPS) is 11.4. The van der Waals surface area contributed by atoms with E-state index in [1.807, 2.05) is 0 Å². The van der Waals surface area contributed by atoms with E-state index in [1.54, 1.807) is 24.3 Å². The molecule has 0 aliphatic rings. The first kappa shape index (κ1) is 20.2. The van der Waals surface area contributed by atoms with E-state index >= 15 is 0 Å². The Labute approximate surface area is 169 Å². The van der Waals surface area contributed by atoms with Crippen LogP contribution >= 0.6 is 22.9 Å². The van der Waals surface area contributed by atoms with Gasteiger partial charge in [0.15, 0.2) is 0 Å². The van der Waals surface area contributed by atoms with Gasteiger partial charge in [-0.1, -0.05) is 29.8 Å². The lowest BCUT2D eigenvalue weighted by molar-refractivity contribution is 0.0693. The number of aliphatic hydroxyl groups excluding tert-OH is 1. The zero-order chi connectivity index (χ0) is 20.5. The molecule has 0 atom stereocenters. The van der Waals surface area contributed by atoms with Crippen LogP contribution in [0.3, 0.4) is 0 Å². The number of carboxylic acids is 1. The van der Waals surface area contributed by atoms with E-state index in [2.05, 4.69) is 4.72 Å². The van der Waals surface area contributed by atoms with Crippen molar-refractivity contribution in [1.82, 2.24) is 0 Å². The molecule has 10 heteroatoms. The second-order valence-electron chi connectivity index (χ2n) is 5.75. The molecular weight excluding hydrogens is 426 g/mol. The van der Waals surface area contributed by atoms with Gasteiger partial charge in [-0.05, 0) is 35.4 Å². The highest BCUT2D eigenvalue weighted by atomic mass is 35.5. The summed E-state index contributed by atoms with van der Waals surface area (Å²) in [5.41, 5.74) is 1.50. The number of anilines is 1. The molecule has 0 saturated carbocycles. The minimum absolute atomic E-state index is 0.0100. The lowest BCUT2D eigenvalue weighted by Gasteiger charge is -2.07. The molecule has 0 bridgehead atoms. The predicted octanol–water partition coefficient (Wildman–Crippen LogP) is 3.77. The molecule has 4 N–H and O–H groups in total. The van der Waals surface area contributed by atoms with Gasteiger partial charge in [0, 0.05) is 11.6 Å². The maximum Gasteiger partial charge on any atom is 0.339 e. The van der Waals surface area contributed by atoms with Crippen LogP contribution < -0.4 is 4.72 Å². The van der Waals surface area contributed by atoms with Gasteiger partial charge < -0.3 is 15.3 Å². The van der Waals surface area contributed by atoms with Gasteiger partial charge >= 0.3 is 5.97 Å². The number of halogens is 1. The quantitative estimate of drug-likeness (QED) is 0.463. The van der Waals surface area contributed by atoms with Crippen LogP contribution in [0.15, 0.2) is 52.7 Å². The summed E-state index contributed by atoms with van der Waals surface area (Å²) in [4.78, 5) is 10.9. The van der Waals surface area contributed by atoms with Crippen molar-refractivity contribution in [2.45, 2.75) is 10.8 Å². The molecule has 3 rings (SSSR count). The van der Waals surface area contributed by atoms with E-state index in [0.717, 1.165) is 23.5 Å². The summed E-state index contributed by atoms with van der Waals surface area (Å²) < 4.78 is 27.8. The van der Waals surface area contributed by atoms with Crippen molar-refractivity contribution in [2.75, 3.05) is 4.72 Å². The fraction of sp³-hybridized carbons (Fsp3) is 0.0556. The van der Waals surface area contributed by atoms with E-state index in [0.29, 0.717) is 16.7 Å². The first-order valence-corrected chi connectivity index (χ1v) is 10.5. The molecule has 0 saturated heterocycles. The number of thiophene rings is 1. The number of aliphatic hydroxyl groups is 1. The number of carboxylic acid groups (broad SMARTS) is 1. The minimum Gasteiger partial charge on any atom is -0.507 e. The van der Waals surface area contributed by atoms with Crippen molar-refractivity contribution in [3.63, 3.8) is 0 Å². The van der Waals surface area contributed by atoms with Crippen molar-refractivity contribution in [3.05, 3.63) is 64.0 Å². The average molecular weight is 440 g/mol. The summed E-state index contributed by atoms with van der Waals surface area (Å²) in [6.07, 6.45) is 0. The molecule has 7 nitrogen and oxygen atoms in total. The van der Waals surface area contributed by atoms with Crippen LogP contribution in [0.5, 0.6) is 5.75 Å². The Balaban J connectivity index is 1.93. The fourth-order valence-corrected chi connectivity index (χ4v) is 5.31. The van der Waals surface area contributed by atoms with Crippen LogP contribution in [0.4, 0.5) is 5.69 Å². The SMILES string of the molecule is O=C(O)c1ccc(NS(=O)(=O)c2cc(-c3cccc(CO)c3)c(Cl)s2)cc1O. The molecule has 0 spiro atoms. The van der Waals surface area contributed by atoms with Gasteiger partial charge in [0.25, 0.3) is 10.0 Å². The van der Waals surface area contributed by atoms with Gasteiger partial charge in [-0.15, -0.1) is 11.3 Å². The highest BCUT2D eigenvalue weighted by Gasteiger charge is 2.21. The standard InChI is InChI=1S/C18H14ClNO6S2/c19-17-14(11-3-1-2-10(6-11)9-21)8-16(27-17)28(25,26)20-12-4-5-13(18(23)24)15(22)7-12/h1-8,20-22H,9H2,(H,23,24). The Morgan fingerprint density at radius 2 is 1.89 bits per heavy atom. The summed E-state index contributed by atoms with van der Waals surface area (Å²) in [6.45, 7) is -0.155.